The third-order valence-electron chi connectivity index (χ3n) is 2.17. The predicted octanol–water partition coefficient (Wildman–Crippen LogP) is 3.51. The monoisotopic (exact) mass is 306 g/mol. The molecule has 0 unspecified atom stereocenters. The average Bonchev–Trinajstić information content (AvgIpc) is 2.63. The zero-order valence-electron chi connectivity index (χ0n) is 8.81. The van der Waals surface area contributed by atoms with Gasteiger partial charge in [0.1, 0.15) is 10.0 Å². The molecule has 0 aromatic carbocycles. The molecular weight excluding hydrogens is 299 g/mol. The highest BCUT2D eigenvalue weighted by Crippen LogP contribution is 2.31. The second-order valence-corrected chi connectivity index (χ2v) is 6.27. The lowest BCUT2D eigenvalue weighted by molar-refractivity contribution is 0.931. The van der Waals surface area contributed by atoms with Crippen molar-refractivity contribution in [2.24, 2.45) is 0 Å². The number of aromatic nitrogens is 1. The molecule has 7 heteroatoms. The van der Waals surface area contributed by atoms with Gasteiger partial charge in [-0.2, -0.15) is 0 Å². The summed E-state index contributed by atoms with van der Waals surface area (Å²) in [4.78, 5) is 17.1. The number of halogens is 2. The topological polar surface area (TPSA) is 33.2 Å². The van der Waals surface area contributed by atoms with E-state index in [0.717, 1.165) is 20.9 Å². The van der Waals surface area contributed by atoms with E-state index >= 15 is 0 Å². The molecule has 0 N–H and O–H groups in total. The lowest BCUT2D eigenvalue weighted by atomic mass is 10.2. The summed E-state index contributed by atoms with van der Waals surface area (Å²) in [5.41, 5.74) is 0.950. The fraction of sp³-hybridized carbons (Fsp3) is 0.200. The first-order valence-electron chi connectivity index (χ1n) is 4.67. The van der Waals surface area contributed by atoms with E-state index in [-0.39, 0.29) is 9.77 Å². The van der Waals surface area contributed by atoms with Gasteiger partial charge < -0.3 is 4.90 Å². The van der Waals surface area contributed by atoms with Crippen molar-refractivity contribution in [2.75, 3.05) is 11.9 Å². The van der Waals surface area contributed by atoms with Crippen LogP contribution in [0, 0.1) is 0 Å². The number of nitrogens with zero attached hydrogens (tertiary/aromatic N) is 2. The Bertz CT molecular complexity index is 582. The molecule has 90 valence electrons. The molecule has 2 aromatic heterocycles. The van der Waals surface area contributed by atoms with Crippen molar-refractivity contribution < 1.29 is 0 Å². The van der Waals surface area contributed by atoms with E-state index in [1.165, 1.54) is 10.3 Å². The van der Waals surface area contributed by atoms with Crippen LogP contribution >= 0.6 is 43.9 Å². The zero-order chi connectivity index (χ0) is 12.4. The minimum absolute atomic E-state index is 0.0978. The zero-order valence-corrected chi connectivity index (χ0v) is 12.0. The van der Waals surface area contributed by atoms with Gasteiger partial charge in [-0.25, -0.2) is 0 Å². The summed E-state index contributed by atoms with van der Waals surface area (Å²) in [5, 5.41) is 1.67. The normalized spacial score (nSPS) is 10.5. The Labute approximate surface area is 116 Å². The highest BCUT2D eigenvalue weighted by molar-refractivity contribution is 7.70. The summed E-state index contributed by atoms with van der Waals surface area (Å²) in [5.74, 6) is 0. The Kier molecular flexibility index (Phi) is 4.04. The molecule has 0 atom stereocenters. The fourth-order valence-corrected chi connectivity index (χ4v) is 4.25. The highest BCUT2D eigenvalue weighted by atomic mass is 35.5. The van der Waals surface area contributed by atoms with Crippen LogP contribution in [-0.2, 0) is 6.54 Å². The number of anilines is 1. The van der Waals surface area contributed by atoms with Crippen LogP contribution in [0.2, 0.25) is 10.0 Å². The standard InChI is InChI=1S/C10H8Cl2N2OS2/c1-14(9-8(12)10(15)17-16-9)5-6-2-3-13-4-7(6)11/h2-4H,5H2,1H3. The molecule has 3 nitrogen and oxygen atoms in total. The average molecular weight is 307 g/mol. The van der Waals surface area contributed by atoms with Crippen LogP contribution in [0.15, 0.2) is 23.3 Å². The quantitative estimate of drug-likeness (QED) is 0.814. The van der Waals surface area contributed by atoms with Crippen LogP contribution in [0.3, 0.4) is 0 Å². The van der Waals surface area contributed by atoms with Crippen LogP contribution in [0.25, 0.3) is 0 Å². The third-order valence-corrected chi connectivity index (χ3v) is 5.38. The summed E-state index contributed by atoms with van der Waals surface area (Å²) in [6.45, 7) is 0.591. The van der Waals surface area contributed by atoms with Gasteiger partial charge in [-0.1, -0.05) is 33.5 Å². The maximum atomic E-state index is 11.3. The van der Waals surface area contributed by atoms with Crippen molar-refractivity contribution in [3.63, 3.8) is 0 Å². The Morgan fingerprint density at radius 3 is 2.76 bits per heavy atom. The maximum Gasteiger partial charge on any atom is 0.263 e. The number of rotatable bonds is 3. The minimum atomic E-state index is -0.0978. The fourth-order valence-electron chi connectivity index (χ4n) is 1.33. The molecule has 0 saturated heterocycles. The van der Waals surface area contributed by atoms with Crippen LogP contribution < -0.4 is 9.64 Å². The Morgan fingerprint density at radius 2 is 2.18 bits per heavy atom. The number of hydrogen-bond donors (Lipinski definition) is 0. The Hall–Kier alpha value is -0.620. The summed E-state index contributed by atoms with van der Waals surface area (Å²) >= 11 is 12.0. The smallest absolute Gasteiger partial charge is 0.263 e. The molecule has 17 heavy (non-hydrogen) atoms. The first-order valence-corrected chi connectivity index (χ1v) is 7.58. The Balaban J connectivity index is 2.23. The number of pyridine rings is 1. The van der Waals surface area contributed by atoms with E-state index in [0.29, 0.717) is 11.6 Å². The van der Waals surface area contributed by atoms with E-state index in [4.69, 9.17) is 23.2 Å². The first-order chi connectivity index (χ1) is 8.09. The van der Waals surface area contributed by atoms with E-state index in [1.54, 1.807) is 12.4 Å². The molecule has 0 aliphatic rings. The summed E-state index contributed by atoms with van der Waals surface area (Å²) in [6, 6.07) is 1.85. The third kappa shape index (κ3) is 2.80. The Morgan fingerprint density at radius 1 is 1.41 bits per heavy atom. The van der Waals surface area contributed by atoms with Crippen LogP contribution in [0.4, 0.5) is 5.00 Å². The molecule has 0 spiro atoms. The van der Waals surface area contributed by atoms with E-state index in [9.17, 15) is 4.79 Å². The largest absolute Gasteiger partial charge is 0.360 e. The van der Waals surface area contributed by atoms with Crippen LogP contribution in [-0.4, -0.2) is 12.0 Å². The molecule has 0 aliphatic carbocycles. The van der Waals surface area contributed by atoms with Crippen molar-refractivity contribution >= 4 is 48.9 Å². The van der Waals surface area contributed by atoms with Crippen molar-refractivity contribution in [1.29, 1.82) is 0 Å². The van der Waals surface area contributed by atoms with Gasteiger partial charge in [-0.15, -0.1) is 0 Å². The van der Waals surface area contributed by atoms with Gasteiger partial charge in [0.15, 0.2) is 0 Å². The molecule has 0 bridgehead atoms. The van der Waals surface area contributed by atoms with Crippen LogP contribution in [0.1, 0.15) is 5.56 Å². The molecular formula is C10H8Cl2N2OS2. The SMILES string of the molecule is CN(Cc1ccncc1Cl)c1ssc(=O)c1Cl. The molecule has 0 aliphatic heterocycles. The summed E-state index contributed by atoms with van der Waals surface area (Å²) < 4.78 is -0.0978. The second kappa shape index (κ2) is 5.35. The lowest BCUT2D eigenvalue weighted by Gasteiger charge is -2.17. The molecule has 2 rings (SSSR count). The van der Waals surface area contributed by atoms with E-state index in [2.05, 4.69) is 4.98 Å². The molecule has 0 amide bonds. The van der Waals surface area contributed by atoms with E-state index in [1.807, 2.05) is 18.0 Å². The van der Waals surface area contributed by atoms with Gasteiger partial charge >= 0.3 is 0 Å². The van der Waals surface area contributed by atoms with Gasteiger partial charge in [0.2, 0.25) is 0 Å². The van der Waals surface area contributed by atoms with Gasteiger partial charge in [0, 0.05) is 26.0 Å². The van der Waals surface area contributed by atoms with Crippen molar-refractivity contribution in [3.8, 4) is 0 Å². The second-order valence-electron chi connectivity index (χ2n) is 3.40. The van der Waals surface area contributed by atoms with Gasteiger partial charge in [-0.05, 0) is 22.0 Å². The predicted molar refractivity (Wildman–Crippen MR) is 74.8 cm³/mol. The van der Waals surface area contributed by atoms with Crippen molar-refractivity contribution in [2.45, 2.75) is 6.54 Å². The van der Waals surface area contributed by atoms with Crippen molar-refractivity contribution in [1.82, 2.24) is 4.98 Å². The first kappa shape index (κ1) is 12.8. The molecule has 0 fully saturated rings. The highest BCUT2D eigenvalue weighted by Gasteiger charge is 2.13. The molecule has 2 heterocycles. The van der Waals surface area contributed by atoms with Crippen molar-refractivity contribution in [3.05, 3.63) is 43.6 Å². The molecule has 2 aromatic rings. The van der Waals surface area contributed by atoms with Gasteiger partial charge in [0.05, 0.1) is 5.02 Å². The molecule has 0 saturated carbocycles. The summed E-state index contributed by atoms with van der Waals surface area (Å²) in [6.07, 6.45) is 3.29. The number of hydrogen-bond acceptors (Lipinski definition) is 5. The molecule has 0 radical (unpaired) electrons. The summed E-state index contributed by atoms with van der Waals surface area (Å²) in [7, 11) is 4.39. The maximum absolute atomic E-state index is 11.3. The van der Waals surface area contributed by atoms with Gasteiger partial charge in [0.25, 0.3) is 4.74 Å². The van der Waals surface area contributed by atoms with Crippen LogP contribution in [0.5, 0.6) is 0 Å². The lowest BCUT2D eigenvalue weighted by Crippen LogP contribution is -2.16. The van der Waals surface area contributed by atoms with E-state index < -0.39 is 0 Å². The minimum Gasteiger partial charge on any atom is -0.360 e. The van der Waals surface area contributed by atoms with Gasteiger partial charge in [-0.3, -0.25) is 9.78 Å².